The van der Waals surface area contributed by atoms with Crippen LogP contribution in [0.3, 0.4) is 0 Å². The number of benzene rings is 2. The summed E-state index contributed by atoms with van der Waals surface area (Å²) in [5.41, 5.74) is 1.76. The van der Waals surface area contributed by atoms with Gasteiger partial charge in [-0.15, -0.1) is 10.2 Å². The van der Waals surface area contributed by atoms with E-state index < -0.39 is 0 Å². The lowest BCUT2D eigenvalue weighted by Gasteiger charge is -2.35. The Morgan fingerprint density at radius 1 is 0.595 bits per heavy atom. The average molecular weight is 630 g/mol. The second kappa shape index (κ2) is 11.5. The fraction of sp³-hybridized carbons (Fsp3) is 0.556. The molecule has 2 aliphatic heterocycles. The van der Waals surface area contributed by atoms with E-state index in [1.54, 1.807) is 0 Å². The smallest absolute Gasteiger partial charge is 0.102 e. The maximum absolute atomic E-state index is 4.75. The molecule has 2 saturated heterocycles. The predicted octanol–water partition coefficient (Wildman–Crippen LogP) is 7.64. The number of fused-ring (bicyclic) bond motifs is 2. The van der Waals surface area contributed by atoms with Crippen molar-refractivity contribution in [1.29, 1.82) is 0 Å². The van der Waals surface area contributed by atoms with Crippen molar-refractivity contribution in [1.82, 2.24) is 19.8 Å². The van der Waals surface area contributed by atoms with Gasteiger partial charge in [0.2, 0.25) is 0 Å². The number of rotatable bonds is 6. The van der Waals surface area contributed by atoms with Gasteiger partial charge in [0.15, 0.2) is 0 Å². The van der Waals surface area contributed by atoms with E-state index in [1.165, 1.54) is 51.4 Å². The third-order valence-electron chi connectivity index (χ3n) is 8.35. The van der Waals surface area contributed by atoms with Gasteiger partial charge in [-0.2, -0.15) is 0 Å². The summed E-state index contributed by atoms with van der Waals surface area (Å²) in [5, 5.41) is 23.2. The van der Waals surface area contributed by atoms with Gasteiger partial charge < -0.3 is 0 Å². The van der Waals surface area contributed by atoms with Gasteiger partial charge in [0, 0.05) is 21.0 Å². The molecule has 4 unspecified atom stereocenters. The van der Waals surface area contributed by atoms with Gasteiger partial charge in [0.1, 0.15) is 11.4 Å². The molecule has 6 rings (SSSR count). The second-order valence-electron chi connectivity index (χ2n) is 10.6. The Balaban J connectivity index is 1.17. The Hall–Kier alpha value is -1.88. The van der Waals surface area contributed by atoms with Gasteiger partial charge in [-0.05, 0) is 81.8 Å². The molecular formula is C27H34Br2N8. The van der Waals surface area contributed by atoms with Crippen LogP contribution in [0.2, 0.25) is 0 Å². The largest absolute Gasteiger partial charge is 0.266 e. The molecule has 0 radical (unpaired) electrons. The zero-order chi connectivity index (χ0) is 25.2. The minimum absolute atomic E-state index is 0.441. The van der Waals surface area contributed by atoms with Gasteiger partial charge in [-0.1, -0.05) is 60.4 Å². The van der Waals surface area contributed by atoms with E-state index in [4.69, 9.17) is 10.4 Å². The highest BCUT2D eigenvalue weighted by molar-refractivity contribution is 9.11. The molecule has 10 heteroatoms. The van der Waals surface area contributed by atoms with Gasteiger partial charge in [0.25, 0.3) is 0 Å². The molecule has 2 saturated carbocycles. The van der Waals surface area contributed by atoms with Gasteiger partial charge in [0.05, 0.1) is 32.1 Å². The van der Waals surface area contributed by atoms with Crippen molar-refractivity contribution in [3.05, 3.63) is 57.5 Å². The molecule has 4 aliphatic rings. The number of hydrogen-bond acceptors (Lipinski definition) is 6. The quantitative estimate of drug-likeness (QED) is 0.308. The Labute approximate surface area is 236 Å². The van der Waals surface area contributed by atoms with Crippen molar-refractivity contribution in [3.63, 3.8) is 0 Å². The van der Waals surface area contributed by atoms with Gasteiger partial charge in [-0.25, -0.2) is 0 Å². The first kappa shape index (κ1) is 25.4. The summed E-state index contributed by atoms with van der Waals surface area (Å²) in [5.74, 6) is 0. The molecule has 196 valence electrons. The fourth-order valence-corrected chi connectivity index (χ4v) is 7.25. The average Bonchev–Trinajstić information content (AvgIpc) is 3.46. The number of halogens is 2. The normalized spacial score (nSPS) is 28.9. The van der Waals surface area contributed by atoms with Crippen molar-refractivity contribution >= 4 is 43.2 Å². The minimum Gasteiger partial charge on any atom is -0.266 e. The van der Waals surface area contributed by atoms with Crippen molar-refractivity contribution in [2.24, 2.45) is 20.7 Å². The molecule has 2 aromatic carbocycles. The monoisotopic (exact) mass is 628 g/mol. The van der Waals surface area contributed by atoms with Gasteiger partial charge >= 0.3 is 0 Å². The van der Waals surface area contributed by atoms with Crippen LogP contribution in [-0.4, -0.2) is 64.0 Å². The minimum atomic E-state index is 0.441. The van der Waals surface area contributed by atoms with Crippen molar-refractivity contribution in [2.45, 2.75) is 75.5 Å². The molecule has 0 amide bonds. The maximum Gasteiger partial charge on any atom is 0.102 e. The molecule has 4 atom stereocenters. The zero-order valence-electron chi connectivity index (χ0n) is 21.0. The van der Waals surface area contributed by atoms with Crippen LogP contribution in [0, 0.1) is 0 Å². The van der Waals surface area contributed by atoms with Crippen LogP contribution in [0.25, 0.3) is 0 Å². The van der Waals surface area contributed by atoms with Crippen LogP contribution in [0.5, 0.6) is 0 Å². The highest BCUT2D eigenvalue weighted by Crippen LogP contribution is 2.38. The first-order valence-electron chi connectivity index (χ1n) is 13.5. The van der Waals surface area contributed by atoms with Crippen LogP contribution in [0.15, 0.2) is 78.2 Å². The van der Waals surface area contributed by atoms with Crippen LogP contribution < -0.4 is 0 Å². The van der Waals surface area contributed by atoms with E-state index >= 15 is 0 Å². The molecule has 0 bridgehead atoms. The molecular weight excluding hydrogens is 596 g/mol. The lowest BCUT2D eigenvalue weighted by molar-refractivity contribution is 0.0801. The number of nitrogens with zero attached hydrogens (tertiary/aromatic N) is 8. The zero-order valence-corrected chi connectivity index (χ0v) is 24.2. The van der Waals surface area contributed by atoms with Crippen LogP contribution >= 0.6 is 31.9 Å². The molecule has 0 N–H and O–H groups in total. The van der Waals surface area contributed by atoms with E-state index in [-0.39, 0.29) is 0 Å². The molecule has 2 aromatic rings. The second-order valence-corrected chi connectivity index (χ2v) is 12.3. The first-order chi connectivity index (χ1) is 18.2. The SMILES string of the molecule is Brc1ccccc1N=NN1CN(CN2CN(N=Nc3ccccc3Br)C3CCCCC32)C2CCCCC21. The van der Waals surface area contributed by atoms with Gasteiger partial charge in [-0.3, -0.25) is 19.8 Å². The van der Waals surface area contributed by atoms with E-state index in [0.717, 1.165) is 40.3 Å². The summed E-state index contributed by atoms with van der Waals surface area (Å²) in [4.78, 5) is 5.28. The lowest BCUT2D eigenvalue weighted by Crippen LogP contribution is -2.47. The summed E-state index contributed by atoms with van der Waals surface area (Å²) in [6.45, 7) is 2.61. The van der Waals surface area contributed by atoms with E-state index in [0.29, 0.717) is 24.2 Å². The van der Waals surface area contributed by atoms with Crippen molar-refractivity contribution in [2.75, 3.05) is 20.0 Å². The molecule has 2 aliphatic carbocycles. The van der Waals surface area contributed by atoms with E-state index in [9.17, 15) is 0 Å². The summed E-state index contributed by atoms with van der Waals surface area (Å²) >= 11 is 7.20. The third kappa shape index (κ3) is 5.48. The van der Waals surface area contributed by atoms with Crippen molar-refractivity contribution < 1.29 is 0 Å². The van der Waals surface area contributed by atoms with Crippen LogP contribution in [0.1, 0.15) is 51.4 Å². The summed E-state index contributed by atoms with van der Waals surface area (Å²) in [7, 11) is 0. The van der Waals surface area contributed by atoms with Crippen LogP contribution in [-0.2, 0) is 0 Å². The molecule has 0 aromatic heterocycles. The topological polar surface area (TPSA) is 62.4 Å². The summed E-state index contributed by atoms with van der Waals surface area (Å²) in [6, 6.07) is 18.0. The van der Waals surface area contributed by atoms with Crippen molar-refractivity contribution in [3.8, 4) is 0 Å². The predicted molar refractivity (Wildman–Crippen MR) is 151 cm³/mol. The highest BCUT2D eigenvalue weighted by Gasteiger charge is 2.46. The molecule has 4 fully saturated rings. The molecule has 37 heavy (non-hydrogen) atoms. The number of hydrogen-bond donors (Lipinski definition) is 0. The Bertz CT molecular complexity index is 1060. The standard InChI is InChI=1S/C27H34Br2N8/c28-20-9-1-3-11-22(20)30-32-36-18-34(24-13-5-7-15-26(24)36)17-35-19-37(27-16-8-6-14-25(27)35)33-31-23-12-4-2-10-21(23)29/h1-4,9-12,24-27H,5-8,13-19H2. The Morgan fingerprint density at radius 2 is 1.00 bits per heavy atom. The molecule has 2 heterocycles. The van der Waals surface area contributed by atoms with E-state index in [2.05, 4.69) is 61.9 Å². The van der Waals surface area contributed by atoms with E-state index in [1.807, 2.05) is 48.5 Å². The first-order valence-corrected chi connectivity index (χ1v) is 15.1. The maximum atomic E-state index is 4.75. The Kier molecular flexibility index (Phi) is 7.88. The summed E-state index contributed by atoms with van der Waals surface area (Å²) in [6.07, 6.45) is 9.99. The van der Waals surface area contributed by atoms with Crippen LogP contribution in [0.4, 0.5) is 11.4 Å². The lowest BCUT2D eigenvalue weighted by atomic mass is 9.90. The molecule has 0 spiro atoms. The Morgan fingerprint density at radius 3 is 1.43 bits per heavy atom. The molecule has 8 nitrogen and oxygen atoms in total. The fourth-order valence-electron chi connectivity index (χ4n) is 6.52. The summed E-state index contributed by atoms with van der Waals surface area (Å²) < 4.78 is 1.96. The third-order valence-corrected chi connectivity index (χ3v) is 9.69. The highest BCUT2D eigenvalue weighted by atomic mass is 79.9.